The van der Waals surface area contributed by atoms with Crippen molar-refractivity contribution in [2.75, 3.05) is 16.8 Å². The molecular weight excluding hydrogens is 356 g/mol. The standard InChI is InChI=1S/C18H17BrN2O2/c1-12-4-2-3-5-16(12)20-18(23)13-10-17(22)21(11-13)15-8-6-14(19)7-9-15/h2-9,13H,10-11H2,1H3,(H,20,23)/t13-/m1/s1. The van der Waals surface area contributed by atoms with Gasteiger partial charge in [-0.1, -0.05) is 34.1 Å². The molecule has 0 aromatic heterocycles. The van der Waals surface area contributed by atoms with E-state index in [1.54, 1.807) is 4.90 Å². The molecule has 2 amide bonds. The summed E-state index contributed by atoms with van der Waals surface area (Å²) in [5.74, 6) is -0.449. The number of hydrogen-bond donors (Lipinski definition) is 1. The Labute approximate surface area is 143 Å². The summed E-state index contributed by atoms with van der Waals surface area (Å²) in [6.45, 7) is 2.36. The summed E-state index contributed by atoms with van der Waals surface area (Å²) in [6, 6.07) is 15.2. The first-order valence-electron chi connectivity index (χ1n) is 7.47. The lowest BCUT2D eigenvalue weighted by Crippen LogP contribution is -2.28. The number of carbonyl (C=O) groups is 2. The predicted molar refractivity (Wildman–Crippen MR) is 94.4 cm³/mol. The minimum absolute atomic E-state index is 0.0164. The molecule has 1 heterocycles. The van der Waals surface area contributed by atoms with Gasteiger partial charge in [-0.3, -0.25) is 9.59 Å². The highest BCUT2D eigenvalue weighted by Crippen LogP contribution is 2.27. The van der Waals surface area contributed by atoms with Crippen LogP contribution in [-0.2, 0) is 9.59 Å². The Morgan fingerprint density at radius 3 is 2.57 bits per heavy atom. The van der Waals surface area contributed by atoms with Gasteiger partial charge in [-0.05, 0) is 42.8 Å². The van der Waals surface area contributed by atoms with E-state index in [1.165, 1.54) is 0 Å². The first kappa shape index (κ1) is 15.7. The van der Waals surface area contributed by atoms with E-state index in [0.717, 1.165) is 21.4 Å². The molecule has 2 aromatic rings. The Hall–Kier alpha value is -2.14. The monoisotopic (exact) mass is 372 g/mol. The van der Waals surface area contributed by atoms with Gasteiger partial charge in [0.15, 0.2) is 0 Å². The molecule has 5 heteroatoms. The fourth-order valence-electron chi connectivity index (χ4n) is 2.70. The molecule has 1 aliphatic rings. The summed E-state index contributed by atoms with van der Waals surface area (Å²) in [5.41, 5.74) is 2.63. The number of halogens is 1. The van der Waals surface area contributed by atoms with E-state index in [4.69, 9.17) is 0 Å². The molecule has 118 valence electrons. The zero-order chi connectivity index (χ0) is 16.4. The minimum atomic E-state index is -0.328. The second-order valence-corrected chi connectivity index (χ2v) is 6.60. The molecule has 23 heavy (non-hydrogen) atoms. The van der Waals surface area contributed by atoms with Crippen molar-refractivity contribution in [3.8, 4) is 0 Å². The number of hydrogen-bond acceptors (Lipinski definition) is 2. The predicted octanol–water partition coefficient (Wildman–Crippen LogP) is 3.75. The Balaban J connectivity index is 1.71. The van der Waals surface area contributed by atoms with Crippen molar-refractivity contribution in [3.63, 3.8) is 0 Å². The summed E-state index contributed by atoms with van der Waals surface area (Å²) in [7, 11) is 0. The Morgan fingerprint density at radius 1 is 1.17 bits per heavy atom. The van der Waals surface area contributed by atoms with Crippen LogP contribution in [0.3, 0.4) is 0 Å². The van der Waals surface area contributed by atoms with Crippen LogP contribution in [0.1, 0.15) is 12.0 Å². The van der Waals surface area contributed by atoms with Crippen LogP contribution in [0, 0.1) is 12.8 Å². The number of rotatable bonds is 3. The minimum Gasteiger partial charge on any atom is -0.326 e. The smallest absolute Gasteiger partial charge is 0.229 e. The number of benzene rings is 2. The molecule has 0 unspecified atom stereocenters. The van der Waals surface area contributed by atoms with E-state index in [-0.39, 0.29) is 24.2 Å². The van der Waals surface area contributed by atoms with Crippen LogP contribution in [-0.4, -0.2) is 18.4 Å². The molecule has 0 spiro atoms. The number of aryl methyl sites for hydroxylation is 1. The number of anilines is 2. The summed E-state index contributed by atoms with van der Waals surface area (Å²) >= 11 is 3.38. The Morgan fingerprint density at radius 2 is 1.87 bits per heavy atom. The van der Waals surface area contributed by atoms with Crippen LogP contribution in [0.4, 0.5) is 11.4 Å². The van der Waals surface area contributed by atoms with Gasteiger partial charge in [0.25, 0.3) is 0 Å². The molecule has 1 aliphatic heterocycles. The molecule has 1 saturated heterocycles. The molecule has 0 saturated carbocycles. The number of para-hydroxylation sites is 1. The topological polar surface area (TPSA) is 49.4 Å². The largest absolute Gasteiger partial charge is 0.326 e. The van der Waals surface area contributed by atoms with Gasteiger partial charge in [0.1, 0.15) is 0 Å². The van der Waals surface area contributed by atoms with Crippen LogP contribution in [0.25, 0.3) is 0 Å². The molecule has 0 radical (unpaired) electrons. The first-order chi connectivity index (χ1) is 11.0. The first-order valence-corrected chi connectivity index (χ1v) is 8.26. The SMILES string of the molecule is Cc1ccccc1NC(=O)[C@@H]1CC(=O)N(c2ccc(Br)cc2)C1. The molecule has 1 fully saturated rings. The highest BCUT2D eigenvalue weighted by atomic mass is 79.9. The fourth-order valence-corrected chi connectivity index (χ4v) is 2.97. The Kier molecular flexibility index (Phi) is 4.48. The third-order valence-corrected chi connectivity index (χ3v) is 4.57. The molecular formula is C18H17BrN2O2. The average Bonchev–Trinajstić information content (AvgIpc) is 2.92. The normalized spacial score (nSPS) is 17.4. The number of amides is 2. The quantitative estimate of drug-likeness (QED) is 0.891. The summed E-state index contributed by atoms with van der Waals surface area (Å²) in [5, 5.41) is 2.93. The molecule has 0 aliphatic carbocycles. The van der Waals surface area contributed by atoms with E-state index < -0.39 is 0 Å². The lowest BCUT2D eigenvalue weighted by molar-refractivity contribution is -0.122. The van der Waals surface area contributed by atoms with Crippen molar-refractivity contribution in [1.29, 1.82) is 0 Å². The lowest BCUT2D eigenvalue weighted by Gasteiger charge is -2.17. The summed E-state index contributed by atoms with van der Waals surface area (Å²) in [6.07, 6.45) is 0.244. The molecule has 4 nitrogen and oxygen atoms in total. The van der Waals surface area contributed by atoms with Crippen LogP contribution < -0.4 is 10.2 Å². The van der Waals surface area contributed by atoms with Gasteiger partial charge in [0.2, 0.25) is 11.8 Å². The average molecular weight is 373 g/mol. The van der Waals surface area contributed by atoms with E-state index in [9.17, 15) is 9.59 Å². The van der Waals surface area contributed by atoms with Gasteiger partial charge in [0, 0.05) is 28.8 Å². The maximum absolute atomic E-state index is 12.4. The molecule has 1 atom stereocenters. The summed E-state index contributed by atoms with van der Waals surface area (Å²) < 4.78 is 0.960. The Bertz CT molecular complexity index is 743. The molecule has 1 N–H and O–H groups in total. The van der Waals surface area contributed by atoms with E-state index in [0.29, 0.717) is 6.54 Å². The van der Waals surface area contributed by atoms with Crippen LogP contribution in [0.2, 0.25) is 0 Å². The third-order valence-electron chi connectivity index (χ3n) is 4.04. The van der Waals surface area contributed by atoms with Gasteiger partial charge in [-0.2, -0.15) is 0 Å². The number of nitrogens with zero attached hydrogens (tertiary/aromatic N) is 1. The van der Waals surface area contributed by atoms with E-state index >= 15 is 0 Å². The van der Waals surface area contributed by atoms with Crippen LogP contribution in [0.5, 0.6) is 0 Å². The fraction of sp³-hybridized carbons (Fsp3) is 0.222. The van der Waals surface area contributed by atoms with Crippen LogP contribution in [0.15, 0.2) is 53.0 Å². The zero-order valence-electron chi connectivity index (χ0n) is 12.8. The van der Waals surface area contributed by atoms with Crippen molar-refractivity contribution < 1.29 is 9.59 Å². The molecule has 3 rings (SSSR count). The molecule has 0 bridgehead atoms. The van der Waals surface area contributed by atoms with Crippen molar-refractivity contribution in [2.24, 2.45) is 5.92 Å². The van der Waals surface area contributed by atoms with Gasteiger partial charge in [0.05, 0.1) is 5.92 Å². The maximum Gasteiger partial charge on any atom is 0.229 e. The summed E-state index contributed by atoms with van der Waals surface area (Å²) in [4.78, 5) is 26.3. The third kappa shape index (κ3) is 3.45. The van der Waals surface area contributed by atoms with Gasteiger partial charge in [-0.15, -0.1) is 0 Å². The highest BCUT2D eigenvalue weighted by molar-refractivity contribution is 9.10. The van der Waals surface area contributed by atoms with E-state index in [1.807, 2.05) is 55.5 Å². The molecule has 2 aromatic carbocycles. The zero-order valence-corrected chi connectivity index (χ0v) is 14.3. The van der Waals surface area contributed by atoms with Gasteiger partial charge >= 0.3 is 0 Å². The van der Waals surface area contributed by atoms with E-state index in [2.05, 4.69) is 21.2 Å². The van der Waals surface area contributed by atoms with Gasteiger partial charge < -0.3 is 10.2 Å². The lowest BCUT2D eigenvalue weighted by atomic mass is 10.1. The second kappa shape index (κ2) is 6.54. The van der Waals surface area contributed by atoms with Crippen molar-refractivity contribution in [2.45, 2.75) is 13.3 Å². The highest BCUT2D eigenvalue weighted by Gasteiger charge is 2.35. The van der Waals surface area contributed by atoms with Crippen molar-refractivity contribution >= 4 is 39.1 Å². The van der Waals surface area contributed by atoms with Crippen molar-refractivity contribution in [3.05, 3.63) is 58.6 Å². The van der Waals surface area contributed by atoms with Crippen LogP contribution >= 0.6 is 15.9 Å². The number of carbonyl (C=O) groups excluding carboxylic acids is 2. The van der Waals surface area contributed by atoms with Crippen molar-refractivity contribution in [1.82, 2.24) is 0 Å². The second-order valence-electron chi connectivity index (χ2n) is 5.69. The number of nitrogens with one attached hydrogen (secondary N) is 1. The maximum atomic E-state index is 12.4. The van der Waals surface area contributed by atoms with Gasteiger partial charge in [-0.25, -0.2) is 0 Å².